The molecule has 5 rings (SSSR count). The van der Waals surface area contributed by atoms with E-state index >= 15 is 0 Å². The number of nitrogens with zero attached hydrogens (tertiary/aromatic N) is 1. The third-order valence-electron chi connectivity index (χ3n) is 7.90. The minimum absolute atomic E-state index is 0.427. The van der Waals surface area contributed by atoms with E-state index in [4.69, 9.17) is 0 Å². The molecule has 2 nitrogen and oxygen atoms in total. The molecule has 3 aliphatic carbocycles. The van der Waals surface area contributed by atoms with Crippen LogP contribution in [0, 0.1) is 11.8 Å². The summed E-state index contributed by atoms with van der Waals surface area (Å²) in [6.45, 7) is 2.64. The molecule has 0 spiro atoms. The smallest absolute Gasteiger partial charge is 0.115 e. The molecule has 24 heavy (non-hydrogen) atoms. The van der Waals surface area contributed by atoms with Crippen molar-refractivity contribution in [1.82, 2.24) is 4.90 Å². The lowest BCUT2D eigenvalue weighted by atomic mass is 9.52. The second-order valence-corrected chi connectivity index (χ2v) is 9.02. The fraction of sp³-hybridized carbons (Fsp3) is 0.727. The van der Waals surface area contributed by atoms with E-state index in [1.165, 1.54) is 82.9 Å². The number of hydrogen-bond donors (Lipinski definition) is 1. The first kappa shape index (κ1) is 15.3. The molecule has 1 aromatic rings. The highest BCUT2D eigenvalue weighted by molar-refractivity contribution is 5.44. The van der Waals surface area contributed by atoms with Crippen molar-refractivity contribution in [3.8, 4) is 5.75 Å². The van der Waals surface area contributed by atoms with Crippen LogP contribution in [0.25, 0.3) is 0 Å². The summed E-state index contributed by atoms with van der Waals surface area (Å²) in [4.78, 5) is 2.87. The second kappa shape index (κ2) is 5.76. The van der Waals surface area contributed by atoms with E-state index in [9.17, 15) is 5.11 Å². The summed E-state index contributed by atoms with van der Waals surface area (Å²) in [5, 5.41) is 10.0. The van der Waals surface area contributed by atoms with Crippen LogP contribution in [-0.4, -0.2) is 29.1 Å². The SMILES string of the molecule is Oc1ccc2c(c1)C[C@@H]1[C@@H]3CCCCC23CCN1CC1CCCC1. The highest BCUT2D eigenvalue weighted by atomic mass is 16.3. The standard InChI is InChI=1S/C22H31NO/c24-18-8-9-19-17(13-18)14-21-20-7-3-4-10-22(19,20)11-12-23(21)15-16-5-1-2-6-16/h8-9,13,16,20-21,24H,1-7,10-12,14-15H2/t20-,21+,22?/m0/s1. The van der Waals surface area contributed by atoms with Crippen LogP contribution >= 0.6 is 0 Å². The van der Waals surface area contributed by atoms with Crippen molar-refractivity contribution < 1.29 is 5.11 Å². The first-order valence-electron chi connectivity index (χ1n) is 10.3. The number of hydrogen-bond acceptors (Lipinski definition) is 2. The Kier molecular flexibility index (Phi) is 3.66. The number of aromatic hydroxyl groups is 1. The summed E-state index contributed by atoms with van der Waals surface area (Å²) in [6.07, 6.45) is 13.9. The number of phenols is 1. The predicted octanol–water partition coefficient (Wildman–Crippen LogP) is 4.64. The molecule has 3 atom stereocenters. The Balaban J connectivity index is 1.51. The van der Waals surface area contributed by atoms with Gasteiger partial charge in [-0.25, -0.2) is 0 Å². The van der Waals surface area contributed by atoms with Gasteiger partial charge < -0.3 is 5.11 Å². The van der Waals surface area contributed by atoms with Crippen LogP contribution in [0.15, 0.2) is 18.2 Å². The summed E-state index contributed by atoms with van der Waals surface area (Å²) in [5.41, 5.74) is 3.48. The van der Waals surface area contributed by atoms with Crippen molar-refractivity contribution in [3.05, 3.63) is 29.3 Å². The summed E-state index contributed by atoms with van der Waals surface area (Å²) < 4.78 is 0. The Hall–Kier alpha value is -1.02. The fourth-order valence-corrected chi connectivity index (χ4v) is 6.85. The van der Waals surface area contributed by atoms with Crippen LogP contribution in [0.4, 0.5) is 0 Å². The maximum Gasteiger partial charge on any atom is 0.115 e. The van der Waals surface area contributed by atoms with Gasteiger partial charge >= 0.3 is 0 Å². The Bertz CT molecular complexity index is 620. The Morgan fingerprint density at radius 1 is 1.04 bits per heavy atom. The molecule has 2 bridgehead atoms. The molecule has 1 aromatic carbocycles. The molecule has 0 amide bonds. The molecule has 0 radical (unpaired) electrons. The monoisotopic (exact) mass is 325 g/mol. The molecule has 1 heterocycles. The quantitative estimate of drug-likeness (QED) is 0.856. The highest BCUT2D eigenvalue weighted by Gasteiger charge is 2.53. The highest BCUT2D eigenvalue weighted by Crippen LogP contribution is 2.56. The Morgan fingerprint density at radius 3 is 2.75 bits per heavy atom. The molecule has 1 saturated heterocycles. The molecule has 0 aromatic heterocycles. The number of fused-ring (bicyclic) bond motifs is 1. The van der Waals surface area contributed by atoms with E-state index in [1.807, 2.05) is 6.07 Å². The number of rotatable bonds is 2. The lowest BCUT2D eigenvalue weighted by molar-refractivity contribution is -0.0180. The van der Waals surface area contributed by atoms with Crippen LogP contribution in [-0.2, 0) is 11.8 Å². The number of benzene rings is 1. The second-order valence-electron chi connectivity index (χ2n) is 9.02. The zero-order chi connectivity index (χ0) is 16.1. The molecular weight excluding hydrogens is 294 g/mol. The first-order chi connectivity index (χ1) is 11.8. The van der Waals surface area contributed by atoms with Crippen molar-refractivity contribution in [2.75, 3.05) is 13.1 Å². The molecule has 3 fully saturated rings. The van der Waals surface area contributed by atoms with Crippen LogP contribution in [0.1, 0.15) is 68.9 Å². The van der Waals surface area contributed by atoms with E-state index in [2.05, 4.69) is 17.0 Å². The first-order valence-corrected chi connectivity index (χ1v) is 10.3. The van der Waals surface area contributed by atoms with Gasteiger partial charge in [-0.15, -0.1) is 0 Å². The molecule has 2 saturated carbocycles. The number of likely N-dealkylation sites (tertiary alicyclic amines) is 1. The van der Waals surface area contributed by atoms with Gasteiger partial charge in [-0.05, 0) is 80.2 Å². The summed E-state index contributed by atoms with van der Waals surface area (Å²) in [7, 11) is 0. The lowest BCUT2D eigenvalue weighted by Gasteiger charge is -2.59. The van der Waals surface area contributed by atoms with Crippen molar-refractivity contribution >= 4 is 0 Å². The molecule has 1 unspecified atom stereocenters. The zero-order valence-corrected chi connectivity index (χ0v) is 14.8. The van der Waals surface area contributed by atoms with Gasteiger partial charge in [0.2, 0.25) is 0 Å². The van der Waals surface area contributed by atoms with E-state index in [-0.39, 0.29) is 0 Å². The Morgan fingerprint density at radius 2 is 1.88 bits per heavy atom. The van der Waals surface area contributed by atoms with E-state index in [0.29, 0.717) is 11.2 Å². The van der Waals surface area contributed by atoms with Crippen molar-refractivity contribution in [1.29, 1.82) is 0 Å². The number of phenolic OH excluding ortho intramolecular Hbond substituents is 1. The van der Waals surface area contributed by atoms with Gasteiger partial charge in [-0.3, -0.25) is 4.90 Å². The van der Waals surface area contributed by atoms with Gasteiger partial charge in [-0.2, -0.15) is 0 Å². The van der Waals surface area contributed by atoms with Gasteiger partial charge in [0.15, 0.2) is 0 Å². The summed E-state index contributed by atoms with van der Waals surface area (Å²) in [6, 6.07) is 7.01. The third-order valence-corrected chi connectivity index (χ3v) is 7.90. The lowest BCUT2D eigenvalue weighted by Crippen LogP contribution is -2.61. The zero-order valence-electron chi connectivity index (χ0n) is 14.8. The van der Waals surface area contributed by atoms with E-state index in [0.717, 1.165) is 17.9 Å². The fourth-order valence-electron chi connectivity index (χ4n) is 6.85. The molecular formula is C22H31NO. The molecule has 130 valence electrons. The van der Waals surface area contributed by atoms with Crippen molar-refractivity contribution in [2.45, 2.75) is 75.7 Å². The third kappa shape index (κ3) is 2.25. The minimum atomic E-state index is 0.427. The largest absolute Gasteiger partial charge is 0.508 e. The molecule has 1 aliphatic heterocycles. The van der Waals surface area contributed by atoms with Crippen molar-refractivity contribution in [2.24, 2.45) is 11.8 Å². The topological polar surface area (TPSA) is 23.5 Å². The van der Waals surface area contributed by atoms with Crippen LogP contribution in [0.5, 0.6) is 5.75 Å². The average molecular weight is 325 g/mol. The summed E-state index contributed by atoms with van der Waals surface area (Å²) in [5.74, 6) is 2.27. The predicted molar refractivity (Wildman–Crippen MR) is 97.4 cm³/mol. The molecule has 2 heteroatoms. The van der Waals surface area contributed by atoms with Gasteiger partial charge in [0.1, 0.15) is 5.75 Å². The van der Waals surface area contributed by atoms with Gasteiger partial charge in [0, 0.05) is 18.0 Å². The molecule has 1 N–H and O–H groups in total. The maximum atomic E-state index is 10.0. The van der Waals surface area contributed by atoms with Crippen LogP contribution < -0.4 is 0 Å². The van der Waals surface area contributed by atoms with Gasteiger partial charge in [0.05, 0.1) is 0 Å². The average Bonchev–Trinajstić information content (AvgIpc) is 3.10. The van der Waals surface area contributed by atoms with Crippen molar-refractivity contribution in [3.63, 3.8) is 0 Å². The normalized spacial score (nSPS) is 36.3. The van der Waals surface area contributed by atoms with Crippen LogP contribution in [0.3, 0.4) is 0 Å². The van der Waals surface area contributed by atoms with Crippen LogP contribution in [0.2, 0.25) is 0 Å². The summed E-state index contributed by atoms with van der Waals surface area (Å²) >= 11 is 0. The van der Waals surface area contributed by atoms with E-state index < -0.39 is 0 Å². The Labute approximate surface area is 146 Å². The number of piperidine rings is 1. The van der Waals surface area contributed by atoms with E-state index in [1.54, 1.807) is 5.56 Å². The van der Waals surface area contributed by atoms with Gasteiger partial charge in [-0.1, -0.05) is 31.7 Å². The minimum Gasteiger partial charge on any atom is -0.508 e. The van der Waals surface area contributed by atoms with Gasteiger partial charge in [0.25, 0.3) is 0 Å². The molecule has 4 aliphatic rings. The maximum absolute atomic E-state index is 10.0.